The highest BCUT2D eigenvalue weighted by Crippen LogP contribution is 2.27. The van der Waals surface area contributed by atoms with E-state index in [0.717, 1.165) is 18.2 Å². The molecule has 0 bridgehead atoms. The molecule has 0 fully saturated rings. The lowest BCUT2D eigenvalue weighted by Gasteiger charge is -2.22. The Morgan fingerprint density at radius 2 is 2.04 bits per heavy atom. The van der Waals surface area contributed by atoms with Gasteiger partial charge in [0.2, 0.25) is 0 Å². The van der Waals surface area contributed by atoms with Crippen molar-refractivity contribution in [2.75, 3.05) is 6.61 Å². The molecule has 10 heteroatoms. The van der Waals surface area contributed by atoms with Gasteiger partial charge in [-0.3, -0.25) is 10.1 Å². The lowest BCUT2D eigenvalue weighted by molar-refractivity contribution is -0.385. The Kier molecular flexibility index (Phi) is 6.04. The molecule has 1 atom stereocenters. The highest BCUT2D eigenvalue weighted by Gasteiger charge is 2.26. The van der Waals surface area contributed by atoms with Crippen molar-refractivity contribution < 1.29 is 33.5 Å². The van der Waals surface area contributed by atoms with E-state index >= 15 is 0 Å². The minimum Gasteiger partial charge on any atom is -0.484 e. The Bertz CT molecular complexity index is 643. The van der Waals surface area contributed by atoms with Crippen LogP contribution in [0.15, 0.2) is 18.2 Å². The van der Waals surface area contributed by atoms with Crippen LogP contribution in [0.1, 0.15) is 20.8 Å². The third-order valence-electron chi connectivity index (χ3n) is 2.51. The SMILES string of the molecule is CC(C)(C)OC(=O)N[C@H](COc1cc(F)ccc1[N+](=O)[O-])C(=O)O. The largest absolute Gasteiger partial charge is 0.484 e. The second kappa shape index (κ2) is 7.57. The van der Waals surface area contributed by atoms with Crippen molar-refractivity contribution in [3.8, 4) is 5.75 Å². The van der Waals surface area contributed by atoms with Gasteiger partial charge in [-0.2, -0.15) is 0 Å². The summed E-state index contributed by atoms with van der Waals surface area (Å²) >= 11 is 0. The van der Waals surface area contributed by atoms with Gasteiger partial charge in [-0.25, -0.2) is 14.0 Å². The van der Waals surface area contributed by atoms with Crippen molar-refractivity contribution in [2.24, 2.45) is 0 Å². The van der Waals surface area contributed by atoms with Crippen molar-refractivity contribution in [1.82, 2.24) is 5.32 Å². The number of halogens is 1. The number of nitrogens with zero attached hydrogens (tertiary/aromatic N) is 1. The molecule has 0 radical (unpaired) electrons. The van der Waals surface area contributed by atoms with E-state index in [0.29, 0.717) is 0 Å². The zero-order valence-corrected chi connectivity index (χ0v) is 13.2. The Balaban J connectivity index is 2.81. The third kappa shape index (κ3) is 6.07. The van der Waals surface area contributed by atoms with E-state index in [1.54, 1.807) is 20.8 Å². The van der Waals surface area contributed by atoms with Gasteiger partial charge in [-0.1, -0.05) is 0 Å². The number of carbonyl (C=O) groups excluding carboxylic acids is 1. The molecule has 9 nitrogen and oxygen atoms in total. The van der Waals surface area contributed by atoms with Crippen molar-refractivity contribution in [2.45, 2.75) is 32.4 Å². The van der Waals surface area contributed by atoms with Gasteiger partial charge in [-0.15, -0.1) is 0 Å². The van der Waals surface area contributed by atoms with E-state index in [-0.39, 0.29) is 0 Å². The standard InChI is InChI=1S/C14H17FN2O7/c1-14(2,3)24-13(20)16-9(12(18)19)7-23-11-6-8(15)4-5-10(11)17(21)22/h4-6,9H,7H2,1-3H3,(H,16,20)(H,18,19)/t9-/m1/s1. The molecule has 1 rings (SSSR count). The summed E-state index contributed by atoms with van der Waals surface area (Å²) in [4.78, 5) is 32.8. The molecule has 0 heterocycles. The number of hydrogen-bond donors (Lipinski definition) is 2. The monoisotopic (exact) mass is 344 g/mol. The van der Waals surface area contributed by atoms with Crippen LogP contribution >= 0.6 is 0 Å². The van der Waals surface area contributed by atoms with Gasteiger partial charge in [0.05, 0.1) is 4.92 Å². The minimum atomic E-state index is -1.54. The van der Waals surface area contributed by atoms with Crippen molar-refractivity contribution >= 4 is 17.7 Å². The zero-order chi connectivity index (χ0) is 18.5. The Morgan fingerprint density at radius 3 is 2.54 bits per heavy atom. The summed E-state index contributed by atoms with van der Waals surface area (Å²) in [6, 6.07) is 0.980. The summed E-state index contributed by atoms with van der Waals surface area (Å²) in [5, 5.41) is 22.0. The maximum atomic E-state index is 13.2. The van der Waals surface area contributed by atoms with Gasteiger partial charge in [-0.05, 0) is 26.8 Å². The summed E-state index contributed by atoms with van der Waals surface area (Å²) < 4.78 is 23.1. The first-order valence-corrected chi connectivity index (χ1v) is 6.78. The normalized spacial score (nSPS) is 12.2. The summed E-state index contributed by atoms with van der Waals surface area (Å²) in [5.41, 5.74) is -1.37. The molecule has 0 aliphatic heterocycles. The van der Waals surface area contributed by atoms with Gasteiger partial charge in [0.1, 0.15) is 18.0 Å². The van der Waals surface area contributed by atoms with Crippen LogP contribution < -0.4 is 10.1 Å². The van der Waals surface area contributed by atoms with Crippen LogP contribution in [0, 0.1) is 15.9 Å². The number of aliphatic carboxylic acids is 1. The summed E-state index contributed by atoms with van der Waals surface area (Å²) in [6.07, 6.45) is -0.993. The highest BCUT2D eigenvalue weighted by atomic mass is 19.1. The van der Waals surface area contributed by atoms with Crippen LogP contribution in [0.25, 0.3) is 0 Å². The number of rotatable bonds is 6. The minimum absolute atomic E-state index is 0.447. The number of carbonyl (C=O) groups is 2. The predicted octanol–water partition coefficient (Wildman–Crippen LogP) is 2.09. The second-order valence-corrected chi connectivity index (χ2v) is 5.72. The van der Waals surface area contributed by atoms with Crippen molar-refractivity contribution in [1.29, 1.82) is 0 Å². The number of nitrogens with one attached hydrogen (secondary N) is 1. The molecule has 0 aliphatic rings. The molecule has 24 heavy (non-hydrogen) atoms. The summed E-state index contributed by atoms with van der Waals surface area (Å²) in [6.45, 7) is 4.12. The first-order valence-electron chi connectivity index (χ1n) is 6.78. The van der Waals surface area contributed by atoms with E-state index in [4.69, 9.17) is 14.6 Å². The van der Waals surface area contributed by atoms with E-state index in [9.17, 15) is 24.1 Å². The maximum absolute atomic E-state index is 13.2. The van der Waals surface area contributed by atoms with E-state index in [2.05, 4.69) is 5.32 Å². The molecule has 0 spiro atoms. The quantitative estimate of drug-likeness (QED) is 0.597. The number of nitro benzene ring substituents is 1. The number of hydrogen-bond acceptors (Lipinski definition) is 6. The predicted molar refractivity (Wildman–Crippen MR) is 79.3 cm³/mol. The molecule has 2 N–H and O–H groups in total. The topological polar surface area (TPSA) is 128 Å². The molecule has 0 saturated carbocycles. The maximum Gasteiger partial charge on any atom is 0.408 e. The number of ether oxygens (including phenoxy) is 2. The van der Waals surface area contributed by atoms with Crippen LogP contribution in [0.3, 0.4) is 0 Å². The molecule has 1 amide bonds. The summed E-state index contributed by atoms with van der Waals surface area (Å²) in [5.74, 6) is -2.68. The molecule has 132 valence electrons. The first kappa shape index (κ1) is 19.1. The fourth-order valence-corrected chi connectivity index (χ4v) is 1.55. The number of carboxylic acids is 1. The molecule has 0 aliphatic carbocycles. The lowest BCUT2D eigenvalue weighted by Crippen LogP contribution is -2.46. The molecule has 1 aromatic rings. The van der Waals surface area contributed by atoms with Gasteiger partial charge in [0.15, 0.2) is 11.8 Å². The number of amides is 1. The molecule has 0 unspecified atom stereocenters. The van der Waals surface area contributed by atoms with Crippen LogP contribution in [0.5, 0.6) is 5.75 Å². The van der Waals surface area contributed by atoms with E-state index in [1.807, 2.05) is 0 Å². The van der Waals surface area contributed by atoms with Crippen LogP contribution in [0.2, 0.25) is 0 Å². The van der Waals surface area contributed by atoms with Gasteiger partial charge >= 0.3 is 17.7 Å². The molecule has 1 aromatic carbocycles. The van der Waals surface area contributed by atoms with Crippen molar-refractivity contribution in [3.05, 3.63) is 34.1 Å². The Hall–Kier alpha value is -2.91. The lowest BCUT2D eigenvalue weighted by atomic mass is 10.2. The van der Waals surface area contributed by atoms with Gasteiger partial charge in [0.25, 0.3) is 0 Å². The Morgan fingerprint density at radius 1 is 1.42 bits per heavy atom. The average molecular weight is 344 g/mol. The third-order valence-corrected chi connectivity index (χ3v) is 2.51. The Labute approximate surface area is 136 Å². The van der Waals surface area contributed by atoms with Crippen LogP contribution in [-0.2, 0) is 9.53 Å². The van der Waals surface area contributed by atoms with Crippen LogP contribution in [-0.4, -0.2) is 40.3 Å². The number of benzene rings is 1. The van der Waals surface area contributed by atoms with Gasteiger partial charge in [0, 0.05) is 12.1 Å². The molecular formula is C14H17FN2O7. The molecule has 0 aromatic heterocycles. The fraction of sp³-hybridized carbons (Fsp3) is 0.429. The molecular weight excluding hydrogens is 327 g/mol. The summed E-state index contributed by atoms with van der Waals surface area (Å²) in [7, 11) is 0. The fourth-order valence-electron chi connectivity index (χ4n) is 1.55. The smallest absolute Gasteiger partial charge is 0.408 e. The van der Waals surface area contributed by atoms with E-state index in [1.165, 1.54) is 0 Å². The number of alkyl carbamates (subject to hydrolysis) is 1. The molecule has 0 saturated heterocycles. The zero-order valence-electron chi connectivity index (χ0n) is 13.2. The van der Waals surface area contributed by atoms with E-state index < -0.39 is 52.5 Å². The number of nitro groups is 1. The number of carboxylic acid groups (broad SMARTS) is 1. The average Bonchev–Trinajstić information content (AvgIpc) is 2.40. The van der Waals surface area contributed by atoms with Gasteiger partial charge < -0.3 is 19.9 Å². The van der Waals surface area contributed by atoms with Crippen molar-refractivity contribution in [3.63, 3.8) is 0 Å². The first-order chi connectivity index (χ1) is 11.0. The second-order valence-electron chi connectivity index (χ2n) is 5.72. The highest BCUT2D eigenvalue weighted by molar-refractivity contribution is 5.80. The van der Waals surface area contributed by atoms with Crippen LogP contribution in [0.4, 0.5) is 14.9 Å².